The summed E-state index contributed by atoms with van der Waals surface area (Å²) in [4.78, 5) is 23.9. The second kappa shape index (κ2) is 22.3. The molecule has 0 atom stereocenters. The fourth-order valence-corrected chi connectivity index (χ4v) is 13.1. The van der Waals surface area contributed by atoms with E-state index in [0.717, 1.165) is 144 Å². The molecule has 0 amide bonds. The van der Waals surface area contributed by atoms with Crippen LogP contribution in [0.25, 0.3) is 160 Å². The first-order chi connectivity index (χ1) is 44.6. The molecule has 16 aromatic rings. The van der Waals surface area contributed by atoms with Crippen LogP contribution < -0.4 is 0 Å². The van der Waals surface area contributed by atoms with E-state index in [1.54, 1.807) is 0 Å². The Bertz CT molecular complexity index is 4970. The van der Waals surface area contributed by atoms with Gasteiger partial charge in [-0.25, -0.2) is 4.85 Å². The summed E-state index contributed by atoms with van der Waals surface area (Å²) in [5, 5.41) is 16.5. The fourth-order valence-electron chi connectivity index (χ4n) is 13.1. The van der Waals surface area contributed by atoms with Gasteiger partial charge in [0.1, 0.15) is 11.6 Å². The first kappa shape index (κ1) is 52.9. The van der Waals surface area contributed by atoms with Crippen molar-refractivity contribution in [2.45, 2.75) is 0 Å². The van der Waals surface area contributed by atoms with Crippen molar-refractivity contribution < 1.29 is 0 Å². The Labute approximate surface area is 519 Å². The van der Waals surface area contributed by atoms with Crippen molar-refractivity contribution in [1.82, 2.24) is 29.1 Å². The Hall–Kier alpha value is -12.6. The molecule has 8 heteroatoms. The molecule has 418 valence electrons. The van der Waals surface area contributed by atoms with E-state index in [4.69, 9.17) is 26.5 Å². The average Bonchev–Trinajstić information content (AvgIpc) is 1.72. The first-order valence-corrected chi connectivity index (χ1v) is 29.8. The molecule has 0 saturated carbocycles. The van der Waals surface area contributed by atoms with Gasteiger partial charge in [0.15, 0.2) is 5.69 Å². The van der Waals surface area contributed by atoms with Crippen LogP contribution in [0.15, 0.2) is 304 Å². The summed E-state index contributed by atoms with van der Waals surface area (Å²) in [6.07, 6.45) is 7.38. The molecule has 90 heavy (non-hydrogen) atoms. The van der Waals surface area contributed by atoms with Gasteiger partial charge < -0.3 is 9.13 Å². The van der Waals surface area contributed by atoms with Crippen molar-refractivity contribution in [2.75, 3.05) is 0 Å². The van der Waals surface area contributed by atoms with Crippen LogP contribution in [0.5, 0.6) is 0 Å². The van der Waals surface area contributed by atoms with Crippen molar-refractivity contribution in [1.29, 1.82) is 5.26 Å². The van der Waals surface area contributed by atoms with Crippen LogP contribution in [0.1, 0.15) is 5.56 Å². The molecule has 6 aromatic heterocycles. The molecule has 0 aliphatic rings. The van der Waals surface area contributed by atoms with Crippen molar-refractivity contribution in [3.05, 3.63) is 321 Å². The summed E-state index contributed by atoms with van der Waals surface area (Å²) in [5.41, 5.74) is 22.8. The average molecular weight is 1150 g/mol. The molecule has 0 radical (unpaired) electrons. The van der Waals surface area contributed by atoms with Crippen molar-refractivity contribution in [2.24, 2.45) is 0 Å². The van der Waals surface area contributed by atoms with Gasteiger partial charge >= 0.3 is 0 Å². The van der Waals surface area contributed by atoms with Crippen LogP contribution in [0.2, 0.25) is 0 Å². The maximum absolute atomic E-state index is 12.5. The van der Waals surface area contributed by atoms with E-state index >= 15 is 0 Å². The number of aromatic nitrogens is 6. The second-order valence-corrected chi connectivity index (χ2v) is 22.3. The quantitative estimate of drug-likeness (QED) is 0.120. The maximum atomic E-state index is 12.5. The highest BCUT2D eigenvalue weighted by atomic mass is 15.0. The van der Waals surface area contributed by atoms with Crippen LogP contribution in [-0.2, 0) is 0 Å². The van der Waals surface area contributed by atoms with Crippen LogP contribution in [-0.4, -0.2) is 29.1 Å². The third kappa shape index (κ3) is 9.16. The predicted molar refractivity (Wildman–Crippen MR) is 366 cm³/mol. The highest BCUT2D eigenvalue weighted by Gasteiger charge is 2.26. The third-order valence-electron chi connectivity index (χ3n) is 17.2. The summed E-state index contributed by atoms with van der Waals surface area (Å²) >= 11 is 0. The molecule has 0 saturated heterocycles. The van der Waals surface area contributed by atoms with Gasteiger partial charge in [0.25, 0.3) is 0 Å². The molecule has 8 nitrogen and oxygen atoms in total. The SMILES string of the molecule is [C-]#[N+]c1cccc(-c2cc(-n3c4cc(-c5cccnc5-c5ccccc5)ccc4c4ccc(-c5cccnc5-c5ccccc5)cc43)c(C#N)c(-n3c4cc(-c5cccnc5-c5ccccc5)ccc4c4ccc(-c5cccnc5-c5ccccc5)cc43)c2)c1. The van der Waals surface area contributed by atoms with E-state index in [9.17, 15) is 5.26 Å². The standard InChI is InChI=1S/C82H50N8/c1-84-63-28-14-27-57(45-63)62-50-77(89-73-46-58(64-29-15-41-85-79(64)53-19-6-2-7-20-53)33-37-68(73)69-38-34-59(47-74(69)89)65-30-16-42-86-80(65)54-21-8-3-9-22-54)72(52-83)78(51-62)90-75-48-60(66-31-17-43-87-81(66)55-23-10-4-11-24-55)35-39-70(75)71-40-36-61(49-76(71)90)67-32-18-44-88-82(67)56-25-12-5-13-26-56/h2-51H. The molecule has 10 aromatic carbocycles. The summed E-state index contributed by atoms with van der Waals surface area (Å²) < 4.78 is 4.57. The molecular weight excluding hydrogens is 1100 g/mol. The van der Waals surface area contributed by atoms with Crippen molar-refractivity contribution >= 4 is 49.3 Å². The largest absolute Gasteiger partial charge is 0.308 e. The lowest BCUT2D eigenvalue weighted by Gasteiger charge is -2.19. The van der Waals surface area contributed by atoms with Gasteiger partial charge in [-0.2, -0.15) is 5.26 Å². The van der Waals surface area contributed by atoms with Crippen molar-refractivity contribution in [3.8, 4) is 118 Å². The third-order valence-corrected chi connectivity index (χ3v) is 17.2. The Morgan fingerprint density at radius 2 is 0.600 bits per heavy atom. The molecule has 0 aliphatic heterocycles. The van der Waals surface area contributed by atoms with Gasteiger partial charge in [-0.3, -0.25) is 19.9 Å². The molecule has 0 bridgehead atoms. The Kier molecular flexibility index (Phi) is 13.1. The van der Waals surface area contributed by atoms with Gasteiger partial charge in [-0.05, 0) is 100 Å². The monoisotopic (exact) mass is 1150 g/mol. The Balaban J connectivity index is 1.03. The summed E-state index contributed by atoms with van der Waals surface area (Å²) in [5.74, 6) is 0. The van der Waals surface area contributed by atoms with E-state index in [2.05, 4.69) is 184 Å². The molecule has 16 rings (SSSR count). The normalized spacial score (nSPS) is 11.3. The number of benzene rings is 10. The number of fused-ring (bicyclic) bond motifs is 6. The number of hydrogen-bond donors (Lipinski definition) is 0. The molecule has 0 spiro atoms. The van der Waals surface area contributed by atoms with Crippen LogP contribution in [0.4, 0.5) is 5.69 Å². The summed E-state index contributed by atoms with van der Waals surface area (Å²) in [6.45, 7) is 8.24. The minimum Gasteiger partial charge on any atom is -0.308 e. The maximum Gasteiger partial charge on any atom is 0.187 e. The Morgan fingerprint density at radius 1 is 0.289 bits per heavy atom. The molecule has 0 unspecified atom stereocenters. The van der Waals surface area contributed by atoms with Gasteiger partial charge in [0, 0.05) is 90.8 Å². The van der Waals surface area contributed by atoms with Gasteiger partial charge in [-0.1, -0.05) is 212 Å². The smallest absolute Gasteiger partial charge is 0.187 e. The lowest BCUT2D eigenvalue weighted by Crippen LogP contribution is -2.05. The van der Waals surface area contributed by atoms with Gasteiger partial charge in [0.05, 0.1) is 62.8 Å². The highest BCUT2D eigenvalue weighted by Crippen LogP contribution is 2.46. The van der Waals surface area contributed by atoms with Crippen LogP contribution in [0.3, 0.4) is 0 Å². The fraction of sp³-hybridized carbons (Fsp3) is 0. The number of nitrogens with zero attached hydrogens (tertiary/aromatic N) is 8. The molecule has 0 N–H and O–H groups in total. The zero-order chi connectivity index (χ0) is 60.1. The van der Waals surface area contributed by atoms with E-state index in [1.165, 1.54) is 0 Å². The molecule has 6 heterocycles. The summed E-state index contributed by atoms with van der Waals surface area (Å²) in [6, 6.07) is 99.2. The van der Waals surface area contributed by atoms with Gasteiger partial charge in [-0.15, -0.1) is 0 Å². The topological polar surface area (TPSA) is 89.6 Å². The lowest BCUT2D eigenvalue weighted by atomic mass is 9.97. The minimum absolute atomic E-state index is 0.444. The van der Waals surface area contributed by atoms with E-state index < -0.39 is 0 Å². The number of nitriles is 1. The molecular formula is C82H50N8. The van der Waals surface area contributed by atoms with E-state index in [-0.39, 0.29) is 0 Å². The summed E-state index contributed by atoms with van der Waals surface area (Å²) in [7, 11) is 0. The molecule has 0 aliphatic carbocycles. The zero-order valence-corrected chi connectivity index (χ0v) is 48.4. The zero-order valence-electron chi connectivity index (χ0n) is 48.4. The predicted octanol–water partition coefficient (Wildman–Crippen LogP) is 20.9. The number of hydrogen-bond acceptors (Lipinski definition) is 5. The Morgan fingerprint density at radius 3 is 0.900 bits per heavy atom. The van der Waals surface area contributed by atoms with E-state index in [1.807, 2.05) is 140 Å². The second-order valence-electron chi connectivity index (χ2n) is 22.3. The van der Waals surface area contributed by atoms with Crippen LogP contribution >= 0.6 is 0 Å². The lowest BCUT2D eigenvalue weighted by molar-refractivity contribution is 1.12. The van der Waals surface area contributed by atoms with Crippen molar-refractivity contribution in [3.63, 3.8) is 0 Å². The first-order valence-electron chi connectivity index (χ1n) is 29.8. The van der Waals surface area contributed by atoms with E-state index in [0.29, 0.717) is 22.6 Å². The number of rotatable bonds is 11. The number of pyridine rings is 4. The van der Waals surface area contributed by atoms with Gasteiger partial charge in [0.2, 0.25) is 0 Å². The van der Waals surface area contributed by atoms with Crippen LogP contribution in [0, 0.1) is 17.9 Å². The minimum atomic E-state index is 0.444. The highest BCUT2D eigenvalue weighted by molar-refractivity contribution is 6.14. The molecule has 0 fully saturated rings.